The highest BCUT2D eigenvalue weighted by atomic mass is 16.2. The SMILES string of the molecule is Cc1cn2nc(C(=O)N3CCCC3)cc2c(=O)[nH]1. The first-order chi connectivity index (χ1) is 8.65. The summed E-state index contributed by atoms with van der Waals surface area (Å²) in [7, 11) is 0. The Morgan fingerprint density at radius 3 is 2.83 bits per heavy atom. The van der Waals surface area contributed by atoms with E-state index < -0.39 is 0 Å². The molecule has 1 N–H and O–H groups in total. The molecular weight excluding hydrogens is 232 g/mol. The predicted molar refractivity (Wildman–Crippen MR) is 65.7 cm³/mol. The van der Waals surface area contributed by atoms with Crippen molar-refractivity contribution in [1.82, 2.24) is 19.5 Å². The molecule has 1 fully saturated rings. The van der Waals surface area contributed by atoms with Crippen LogP contribution in [0.4, 0.5) is 0 Å². The Bertz CT molecular complexity index is 664. The molecule has 1 saturated heterocycles. The van der Waals surface area contributed by atoms with Gasteiger partial charge in [0.1, 0.15) is 5.52 Å². The number of hydrogen-bond acceptors (Lipinski definition) is 3. The minimum Gasteiger partial charge on any atom is -0.337 e. The Labute approximate surface area is 103 Å². The van der Waals surface area contributed by atoms with Gasteiger partial charge < -0.3 is 9.88 Å². The second kappa shape index (κ2) is 3.97. The first-order valence-electron chi connectivity index (χ1n) is 6.04. The van der Waals surface area contributed by atoms with Gasteiger partial charge in [-0.2, -0.15) is 5.10 Å². The zero-order chi connectivity index (χ0) is 12.7. The molecule has 0 radical (unpaired) electrons. The van der Waals surface area contributed by atoms with Crippen molar-refractivity contribution >= 4 is 11.4 Å². The van der Waals surface area contributed by atoms with Crippen molar-refractivity contribution in [2.45, 2.75) is 19.8 Å². The van der Waals surface area contributed by atoms with E-state index >= 15 is 0 Å². The first kappa shape index (κ1) is 11.0. The maximum absolute atomic E-state index is 12.2. The molecule has 94 valence electrons. The monoisotopic (exact) mass is 246 g/mol. The lowest BCUT2D eigenvalue weighted by atomic mass is 10.3. The molecule has 6 nitrogen and oxygen atoms in total. The summed E-state index contributed by atoms with van der Waals surface area (Å²) in [6.07, 6.45) is 3.79. The summed E-state index contributed by atoms with van der Waals surface area (Å²) >= 11 is 0. The average Bonchev–Trinajstić information content (AvgIpc) is 2.96. The summed E-state index contributed by atoms with van der Waals surface area (Å²) in [5.74, 6) is -0.0896. The molecule has 1 aliphatic rings. The Balaban J connectivity index is 2.05. The third kappa shape index (κ3) is 1.70. The third-order valence-corrected chi connectivity index (χ3v) is 3.21. The van der Waals surface area contributed by atoms with Gasteiger partial charge >= 0.3 is 0 Å². The lowest BCUT2D eigenvalue weighted by Gasteiger charge is -2.12. The number of aromatic amines is 1. The summed E-state index contributed by atoms with van der Waals surface area (Å²) < 4.78 is 1.47. The molecule has 0 aliphatic carbocycles. The largest absolute Gasteiger partial charge is 0.337 e. The number of nitrogens with zero attached hydrogens (tertiary/aromatic N) is 3. The van der Waals surface area contributed by atoms with Gasteiger partial charge in [0.05, 0.1) is 0 Å². The summed E-state index contributed by atoms with van der Waals surface area (Å²) in [6.45, 7) is 3.34. The van der Waals surface area contributed by atoms with E-state index in [1.807, 2.05) is 0 Å². The second-order valence-corrected chi connectivity index (χ2v) is 4.62. The van der Waals surface area contributed by atoms with Crippen molar-refractivity contribution in [1.29, 1.82) is 0 Å². The van der Waals surface area contributed by atoms with Gasteiger partial charge in [0.15, 0.2) is 5.69 Å². The van der Waals surface area contributed by atoms with E-state index in [0.29, 0.717) is 11.2 Å². The van der Waals surface area contributed by atoms with Crippen molar-refractivity contribution in [2.75, 3.05) is 13.1 Å². The first-order valence-corrected chi connectivity index (χ1v) is 6.04. The molecule has 1 aliphatic heterocycles. The summed E-state index contributed by atoms with van der Waals surface area (Å²) in [6, 6.07) is 1.55. The maximum atomic E-state index is 12.2. The molecule has 6 heteroatoms. The highest BCUT2D eigenvalue weighted by Gasteiger charge is 2.22. The van der Waals surface area contributed by atoms with E-state index in [1.54, 1.807) is 24.1 Å². The number of nitrogens with one attached hydrogen (secondary N) is 1. The second-order valence-electron chi connectivity index (χ2n) is 4.62. The van der Waals surface area contributed by atoms with Gasteiger partial charge in [0.25, 0.3) is 11.5 Å². The van der Waals surface area contributed by atoms with Gasteiger partial charge in [-0.25, -0.2) is 4.52 Å². The van der Waals surface area contributed by atoms with Crippen molar-refractivity contribution in [2.24, 2.45) is 0 Å². The molecule has 0 spiro atoms. The number of fused-ring (bicyclic) bond motifs is 1. The number of amides is 1. The fourth-order valence-electron chi connectivity index (χ4n) is 2.31. The van der Waals surface area contributed by atoms with Crippen molar-refractivity contribution < 1.29 is 4.79 Å². The number of carbonyl (C=O) groups is 1. The van der Waals surface area contributed by atoms with Crippen LogP contribution in [0.25, 0.3) is 5.52 Å². The van der Waals surface area contributed by atoms with Crippen LogP contribution in [-0.2, 0) is 0 Å². The lowest BCUT2D eigenvalue weighted by Crippen LogP contribution is -2.27. The number of hydrogen-bond donors (Lipinski definition) is 1. The van der Waals surface area contributed by atoms with Crippen molar-refractivity contribution in [3.8, 4) is 0 Å². The van der Waals surface area contributed by atoms with E-state index in [4.69, 9.17) is 0 Å². The zero-order valence-corrected chi connectivity index (χ0v) is 10.1. The molecule has 0 saturated carbocycles. The number of carbonyl (C=O) groups excluding carboxylic acids is 1. The van der Waals surface area contributed by atoms with Crippen LogP contribution in [-0.4, -0.2) is 38.5 Å². The van der Waals surface area contributed by atoms with Crippen molar-refractivity contribution in [3.63, 3.8) is 0 Å². The number of rotatable bonds is 1. The van der Waals surface area contributed by atoms with Gasteiger partial charge in [-0.05, 0) is 19.8 Å². The smallest absolute Gasteiger partial charge is 0.274 e. The highest BCUT2D eigenvalue weighted by Crippen LogP contribution is 2.12. The Morgan fingerprint density at radius 2 is 2.11 bits per heavy atom. The number of aromatic nitrogens is 3. The minimum atomic E-state index is -0.219. The van der Waals surface area contributed by atoms with Gasteiger partial charge in [-0.15, -0.1) is 0 Å². The molecule has 0 bridgehead atoms. The molecule has 2 aromatic rings. The standard InChI is InChI=1S/C12H14N4O2/c1-8-7-16-10(11(17)13-8)6-9(14-16)12(18)15-4-2-3-5-15/h6-7H,2-5H2,1H3,(H,13,17). The van der Waals surface area contributed by atoms with E-state index in [2.05, 4.69) is 10.1 Å². The van der Waals surface area contributed by atoms with Crippen LogP contribution in [0.2, 0.25) is 0 Å². The molecule has 0 unspecified atom stereocenters. The fraction of sp³-hybridized carbons (Fsp3) is 0.417. The fourth-order valence-corrected chi connectivity index (χ4v) is 2.31. The molecule has 0 atom stereocenters. The van der Waals surface area contributed by atoms with Gasteiger partial charge in [-0.1, -0.05) is 0 Å². The maximum Gasteiger partial charge on any atom is 0.274 e. The molecule has 3 rings (SSSR count). The zero-order valence-electron chi connectivity index (χ0n) is 10.1. The van der Waals surface area contributed by atoms with E-state index in [9.17, 15) is 9.59 Å². The molecule has 0 aromatic carbocycles. The topological polar surface area (TPSA) is 70.5 Å². The molecule has 2 aromatic heterocycles. The van der Waals surface area contributed by atoms with Crippen LogP contribution < -0.4 is 5.56 Å². The van der Waals surface area contributed by atoms with Crippen LogP contribution in [0.1, 0.15) is 29.0 Å². The summed E-state index contributed by atoms with van der Waals surface area (Å²) in [5, 5.41) is 4.18. The van der Waals surface area contributed by atoms with Crippen LogP contribution in [0.3, 0.4) is 0 Å². The Kier molecular flexibility index (Phi) is 2.43. The normalized spacial score (nSPS) is 15.5. The van der Waals surface area contributed by atoms with E-state index in [-0.39, 0.29) is 11.5 Å². The van der Waals surface area contributed by atoms with Gasteiger partial charge in [-0.3, -0.25) is 9.59 Å². The van der Waals surface area contributed by atoms with Crippen LogP contribution in [0, 0.1) is 6.92 Å². The molecule has 18 heavy (non-hydrogen) atoms. The van der Waals surface area contributed by atoms with Gasteiger partial charge in [0, 0.05) is 31.0 Å². The Hall–Kier alpha value is -2.11. The Morgan fingerprint density at radius 1 is 1.39 bits per heavy atom. The molecular formula is C12H14N4O2. The van der Waals surface area contributed by atoms with Crippen molar-refractivity contribution in [3.05, 3.63) is 34.0 Å². The van der Waals surface area contributed by atoms with Crippen LogP contribution in [0.5, 0.6) is 0 Å². The lowest BCUT2D eigenvalue weighted by molar-refractivity contribution is 0.0786. The van der Waals surface area contributed by atoms with Crippen LogP contribution in [0.15, 0.2) is 17.1 Å². The summed E-state index contributed by atoms with van der Waals surface area (Å²) in [4.78, 5) is 28.3. The molecule has 3 heterocycles. The highest BCUT2D eigenvalue weighted by molar-refractivity contribution is 5.93. The van der Waals surface area contributed by atoms with E-state index in [0.717, 1.165) is 31.6 Å². The predicted octanol–water partition coefficient (Wildman–Crippen LogP) is 0.567. The number of H-pyrrole nitrogens is 1. The number of aryl methyl sites for hydroxylation is 1. The number of likely N-dealkylation sites (tertiary alicyclic amines) is 1. The van der Waals surface area contributed by atoms with E-state index in [1.165, 1.54) is 4.52 Å². The minimum absolute atomic E-state index is 0.0896. The third-order valence-electron chi connectivity index (χ3n) is 3.21. The average molecular weight is 246 g/mol. The summed E-state index contributed by atoms with van der Waals surface area (Å²) in [5.41, 5.74) is 1.25. The van der Waals surface area contributed by atoms with Crippen LogP contribution >= 0.6 is 0 Å². The quantitative estimate of drug-likeness (QED) is 0.799. The van der Waals surface area contributed by atoms with Gasteiger partial charge in [0.2, 0.25) is 0 Å². The molecule has 1 amide bonds.